The monoisotopic (exact) mass is 647 g/mol. The van der Waals surface area contributed by atoms with Crippen molar-refractivity contribution in [3.63, 3.8) is 0 Å². The van der Waals surface area contributed by atoms with Gasteiger partial charge >= 0.3 is 0 Å². The Morgan fingerprint density at radius 1 is 0.674 bits per heavy atom. The molecule has 0 aliphatic carbocycles. The highest BCUT2D eigenvalue weighted by Crippen LogP contribution is 2.44. The lowest BCUT2D eigenvalue weighted by Crippen LogP contribution is -2.66. The topological polar surface area (TPSA) is 34.4 Å². The molecule has 5 aromatic rings. The molecule has 242 valence electrons. The van der Waals surface area contributed by atoms with E-state index in [1.807, 2.05) is 6.07 Å². The second-order valence-electron chi connectivity index (χ2n) is 14.9. The van der Waals surface area contributed by atoms with Gasteiger partial charge in [-0.3, -0.25) is 0 Å². The number of rotatable bonds is 11. The van der Waals surface area contributed by atoms with Gasteiger partial charge in [-0.1, -0.05) is 153 Å². The fourth-order valence-electron chi connectivity index (χ4n) is 8.56. The van der Waals surface area contributed by atoms with Gasteiger partial charge in [-0.05, 0) is 78.5 Å². The largest absolute Gasteiger partial charge is 0.403 e. The molecule has 46 heavy (non-hydrogen) atoms. The predicted octanol–water partition coefficient (Wildman–Crippen LogP) is 9.82. The molecule has 0 aliphatic rings. The first kappa shape index (κ1) is 34.1. The van der Waals surface area contributed by atoms with Crippen LogP contribution in [0.1, 0.15) is 85.1 Å². The van der Waals surface area contributed by atoms with E-state index in [1.54, 1.807) is 0 Å². The van der Waals surface area contributed by atoms with E-state index in [0.717, 1.165) is 16.7 Å². The lowest BCUT2D eigenvalue weighted by molar-refractivity contribution is 0.214. The molecule has 0 bridgehead atoms. The van der Waals surface area contributed by atoms with Gasteiger partial charge in [0, 0.05) is 5.52 Å². The highest BCUT2D eigenvalue weighted by molar-refractivity contribution is 6.99. The molecule has 5 rings (SSSR count). The first-order valence-corrected chi connectivity index (χ1v) is 21.1. The van der Waals surface area contributed by atoms with E-state index in [-0.39, 0.29) is 5.04 Å². The number of aromatic nitrogens is 1. The zero-order valence-corrected chi connectivity index (χ0v) is 31.3. The van der Waals surface area contributed by atoms with Crippen LogP contribution in [0.2, 0.25) is 21.7 Å². The average Bonchev–Trinajstić information content (AvgIpc) is 3.44. The SMILES string of the molecule is CC(C)[Si](C(C)C)(C(C)C)n1ccc2cc(C(O)c3ccccc3CO[Si](c3ccccc3)(c3ccccc3)C(C)(C)C)ccc21. The van der Waals surface area contributed by atoms with Crippen LogP contribution in [-0.2, 0) is 11.0 Å². The minimum Gasteiger partial charge on any atom is -0.403 e. The highest BCUT2D eigenvalue weighted by atomic mass is 28.4. The summed E-state index contributed by atoms with van der Waals surface area (Å²) in [6.45, 7) is 21.8. The van der Waals surface area contributed by atoms with Crippen molar-refractivity contribution >= 4 is 37.8 Å². The van der Waals surface area contributed by atoms with Crippen LogP contribution in [0, 0.1) is 0 Å². The van der Waals surface area contributed by atoms with Gasteiger partial charge < -0.3 is 13.8 Å². The van der Waals surface area contributed by atoms with E-state index in [2.05, 4.69) is 176 Å². The second-order valence-corrected chi connectivity index (χ2v) is 24.9. The molecule has 0 radical (unpaired) electrons. The van der Waals surface area contributed by atoms with Crippen molar-refractivity contribution in [2.24, 2.45) is 0 Å². The summed E-state index contributed by atoms with van der Waals surface area (Å²) < 4.78 is 9.93. The smallest absolute Gasteiger partial charge is 0.261 e. The van der Waals surface area contributed by atoms with E-state index < -0.39 is 22.7 Å². The zero-order valence-electron chi connectivity index (χ0n) is 29.3. The Morgan fingerprint density at radius 3 is 1.72 bits per heavy atom. The predicted molar refractivity (Wildman–Crippen MR) is 201 cm³/mol. The molecule has 1 N–H and O–H groups in total. The van der Waals surface area contributed by atoms with Gasteiger partial charge in [0.2, 0.25) is 0 Å². The van der Waals surface area contributed by atoms with Crippen molar-refractivity contribution in [3.05, 3.63) is 132 Å². The summed E-state index contributed by atoms with van der Waals surface area (Å²) in [5.41, 5.74) is 5.93. The van der Waals surface area contributed by atoms with Crippen LogP contribution in [0.4, 0.5) is 0 Å². The summed E-state index contributed by atoms with van der Waals surface area (Å²) in [5, 5.41) is 15.5. The zero-order chi connectivity index (χ0) is 33.3. The third kappa shape index (κ3) is 5.88. The van der Waals surface area contributed by atoms with E-state index >= 15 is 0 Å². The van der Waals surface area contributed by atoms with E-state index in [4.69, 9.17) is 4.43 Å². The number of benzene rings is 4. The Labute approximate surface area is 279 Å². The van der Waals surface area contributed by atoms with Crippen molar-refractivity contribution in [2.75, 3.05) is 0 Å². The number of nitrogens with zero attached hydrogens (tertiary/aromatic N) is 1. The van der Waals surface area contributed by atoms with Crippen LogP contribution in [0.3, 0.4) is 0 Å². The van der Waals surface area contributed by atoms with Gasteiger partial charge in [0.05, 0.1) is 6.61 Å². The quantitative estimate of drug-likeness (QED) is 0.145. The third-order valence-electron chi connectivity index (χ3n) is 10.4. The third-order valence-corrected chi connectivity index (χ3v) is 22.2. The van der Waals surface area contributed by atoms with Crippen LogP contribution in [-0.4, -0.2) is 25.9 Å². The fraction of sp³-hybridized carbons (Fsp3) is 0.366. The van der Waals surface area contributed by atoms with Gasteiger partial charge in [-0.15, -0.1) is 0 Å². The van der Waals surface area contributed by atoms with Gasteiger partial charge in [-0.2, -0.15) is 0 Å². The Bertz CT molecular complexity index is 1670. The molecule has 0 fully saturated rings. The van der Waals surface area contributed by atoms with Crippen molar-refractivity contribution in [1.82, 2.24) is 4.23 Å². The van der Waals surface area contributed by atoms with Crippen LogP contribution in [0.25, 0.3) is 10.9 Å². The molecule has 0 aliphatic heterocycles. The molecule has 5 heteroatoms. The normalized spacial score (nSPS) is 13.7. The highest BCUT2D eigenvalue weighted by Gasteiger charge is 2.50. The van der Waals surface area contributed by atoms with E-state index in [1.165, 1.54) is 21.3 Å². The Kier molecular flexibility index (Phi) is 10.00. The van der Waals surface area contributed by atoms with E-state index in [0.29, 0.717) is 23.2 Å². The van der Waals surface area contributed by atoms with Crippen LogP contribution in [0.15, 0.2) is 115 Å². The van der Waals surface area contributed by atoms with Gasteiger partial charge in [0.25, 0.3) is 8.32 Å². The number of hydrogen-bond acceptors (Lipinski definition) is 2. The molecule has 1 aromatic heterocycles. The molecule has 1 heterocycles. The summed E-state index contributed by atoms with van der Waals surface area (Å²) in [5.74, 6) is 0. The molecule has 1 unspecified atom stereocenters. The summed E-state index contributed by atoms with van der Waals surface area (Å²) in [4.78, 5) is 0. The maximum Gasteiger partial charge on any atom is 0.261 e. The number of aliphatic hydroxyl groups is 1. The van der Waals surface area contributed by atoms with Crippen molar-refractivity contribution in [1.29, 1.82) is 0 Å². The van der Waals surface area contributed by atoms with Gasteiger partial charge in [0.1, 0.15) is 6.10 Å². The second kappa shape index (κ2) is 13.5. The molecule has 3 nitrogen and oxygen atoms in total. The molecular weight excluding hydrogens is 595 g/mol. The van der Waals surface area contributed by atoms with Crippen molar-refractivity contribution in [2.45, 2.75) is 96.7 Å². The van der Waals surface area contributed by atoms with Crippen LogP contribution >= 0.6 is 0 Å². The molecule has 0 spiro atoms. The Hall–Kier alpha value is -3.23. The average molecular weight is 648 g/mol. The summed E-state index contributed by atoms with van der Waals surface area (Å²) >= 11 is 0. The number of aliphatic hydroxyl groups excluding tert-OH is 1. The molecular formula is C41H53NO2Si2. The Balaban J connectivity index is 1.53. The van der Waals surface area contributed by atoms with Gasteiger partial charge in [0.15, 0.2) is 8.24 Å². The summed E-state index contributed by atoms with van der Waals surface area (Å²) in [6.07, 6.45) is 1.56. The standard InChI is InChI=1S/C41H53NO2Si2/c1-30(2)45(31(3)4,32(5)6)42-27-26-33-28-34(24-25-39(33)42)40(43)38-23-17-16-18-35(38)29-44-46(41(7,8)9,36-19-12-10-13-20-36)37-21-14-11-15-22-37/h10-28,30-32,40,43H,29H2,1-9H3. The van der Waals surface area contributed by atoms with Gasteiger partial charge in [-0.25, -0.2) is 0 Å². The van der Waals surface area contributed by atoms with Crippen molar-refractivity contribution in [3.8, 4) is 0 Å². The number of fused-ring (bicyclic) bond motifs is 1. The molecule has 0 saturated carbocycles. The van der Waals surface area contributed by atoms with E-state index in [9.17, 15) is 5.11 Å². The maximum atomic E-state index is 11.9. The molecule has 4 aromatic carbocycles. The maximum absolute atomic E-state index is 11.9. The molecule has 1 atom stereocenters. The van der Waals surface area contributed by atoms with Crippen LogP contribution < -0.4 is 10.4 Å². The molecule has 0 saturated heterocycles. The van der Waals surface area contributed by atoms with Crippen molar-refractivity contribution < 1.29 is 9.53 Å². The first-order valence-electron chi connectivity index (χ1n) is 17.0. The number of hydrogen-bond donors (Lipinski definition) is 1. The lowest BCUT2D eigenvalue weighted by Gasteiger charge is -2.44. The minimum atomic E-state index is -2.73. The summed E-state index contributed by atoms with van der Waals surface area (Å²) in [7, 11) is -4.62. The minimum absolute atomic E-state index is 0.123. The Morgan fingerprint density at radius 2 is 1.20 bits per heavy atom. The fourth-order valence-corrected chi connectivity index (χ4v) is 19.7. The first-order chi connectivity index (χ1) is 21.9. The van der Waals surface area contributed by atoms with Crippen LogP contribution in [0.5, 0.6) is 0 Å². The molecule has 0 amide bonds. The summed E-state index contributed by atoms with van der Waals surface area (Å²) in [6, 6.07) is 38.6. The lowest BCUT2D eigenvalue weighted by atomic mass is 9.96.